The molecule has 0 spiro atoms. The maximum Gasteiger partial charge on any atom is 0.148 e. The Morgan fingerprint density at radius 2 is 1.86 bits per heavy atom. The predicted molar refractivity (Wildman–Crippen MR) is 57.6 cm³/mol. The summed E-state index contributed by atoms with van der Waals surface area (Å²) in [6.07, 6.45) is 1.71. The molecule has 1 aromatic heterocycles. The first-order valence-corrected chi connectivity index (χ1v) is 4.31. The third-order valence-corrected chi connectivity index (χ3v) is 1.93. The number of anilines is 2. The van der Waals surface area contributed by atoms with Gasteiger partial charge >= 0.3 is 0 Å². The highest BCUT2D eigenvalue weighted by molar-refractivity contribution is 5.68. The lowest BCUT2D eigenvalue weighted by Gasteiger charge is -2.19. The second-order valence-corrected chi connectivity index (χ2v) is 3.43. The lowest BCUT2D eigenvalue weighted by molar-refractivity contribution is 1.04. The van der Waals surface area contributed by atoms with Crippen LogP contribution in [0.5, 0.6) is 0 Å². The molecule has 0 saturated heterocycles. The van der Waals surface area contributed by atoms with Crippen LogP contribution in [0.2, 0.25) is 0 Å². The van der Waals surface area contributed by atoms with Gasteiger partial charge in [0, 0.05) is 34.4 Å². The first-order chi connectivity index (χ1) is 6.57. The number of rotatable bonds is 2. The Labute approximate surface area is 84.4 Å². The lowest BCUT2D eigenvalue weighted by atomic mass is 10.2. The SMILES string of the molecule is CN(C)c1ccnc(N(C)C)c1C#N. The third-order valence-electron chi connectivity index (χ3n) is 1.93. The molecule has 74 valence electrons. The zero-order chi connectivity index (χ0) is 10.7. The molecule has 0 aliphatic heterocycles. The first-order valence-electron chi connectivity index (χ1n) is 4.31. The van der Waals surface area contributed by atoms with E-state index in [0.29, 0.717) is 11.4 Å². The van der Waals surface area contributed by atoms with Crippen molar-refractivity contribution in [1.82, 2.24) is 4.98 Å². The summed E-state index contributed by atoms with van der Waals surface area (Å²) in [6, 6.07) is 4.02. The molecule has 4 nitrogen and oxygen atoms in total. The van der Waals surface area contributed by atoms with Crippen molar-refractivity contribution in [3.8, 4) is 6.07 Å². The number of hydrogen-bond acceptors (Lipinski definition) is 4. The van der Waals surface area contributed by atoms with E-state index in [1.54, 1.807) is 6.20 Å². The molecule has 0 aliphatic carbocycles. The number of nitriles is 1. The normalized spacial score (nSPS) is 9.36. The van der Waals surface area contributed by atoms with Crippen LogP contribution in [0, 0.1) is 11.3 Å². The highest BCUT2D eigenvalue weighted by atomic mass is 15.1. The zero-order valence-electron chi connectivity index (χ0n) is 8.94. The van der Waals surface area contributed by atoms with Gasteiger partial charge in [0.2, 0.25) is 0 Å². The van der Waals surface area contributed by atoms with Gasteiger partial charge < -0.3 is 9.80 Å². The van der Waals surface area contributed by atoms with Crippen LogP contribution >= 0.6 is 0 Å². The molecule has 0 saturated carbocycles. The van der Waals surface area contributed by atoms with Crippen molar-refractivity contribution in [2.75, 3.05) is 38.0 Å². The molecular formula is C10H14N4. The van der Waals surface area contributed by atoms with E-state index in [9.17, 15) is 0 Å². The number of hydrogen-bond donors (Lipinski definition) is 0. The van der Waals surface area contributed by atoms with Crippen molar-refractivity contribution in [3.05, 3.63) is 17.8 Å². The van der Waals surface area contributed by atoms with Gasteiger partial charge in [-0.05, 0) is 6.07 Å². The van der Waals surface area contributed by atoms with Gasteiger partial charge in [-0.2, -0.15) is 5.26 Å². The molecule has 0 aliphatic rings. The molecular weight excluding hydrogens is 176 g/mol. The van der Waals surface area contributed by atoms with Gasteiger partial charge in [-0.1, -0.05) is 0 Å². The van der Waals surface area contributed by atoms with Crippen molar-refractivity contribution < 1.29 is 0 Å². The maximum absolute atomic E-state index is 9.05. The summed E-state index contributed by atoms with van der Waals surface area (Å²) in [7, 11) is 7.58. The molecule has 0 atom stereocenters. The van der Waals surface area contributed by atoms with Gasteiger partial charge in [-0.3, -0.25) is 0 Å². The standard InChI is InChI=1S/C10H14N4/c1-13(2)9-5-6-12-10(14(3)4)8(9)7-11/h5-6H,1-4H3. The van der Waals surface area contributed by atoms with Gasteiger partial charge in [0.15, 0.2) is 0 Å². The Morgan fingerprint density at radius 1 is 1.21 bits per heavy atom. The Kier molecular flexibility index (Phi) is 2.92. The van der Waals surface area contributed by atoms with E-state index < -0.39 is 0 Å². The monoisotopic (exact) mass is 190 g/mol. The Hall–Kier alpha value is -1.76. The predicted octanol–water partition coefficient (Wildman–Crippen LogP) is 1.09. The highest BCUT2D eigenvalue weighted by Gasteiger charge is 2.11. The molecule has 0 bridgehead atoms. The molecule has 14 heavy (non-hydrogen) atoms. The van der Waals surface area contributed by atoms with E-state index in [4.69, 9.17) is 5.26 Å². The third kappa shape index (κ3) is 1.77. The largest absolute Gasteiger partial charge is 0.376 e. The van der Waals surface area contributed by atoms with Gasteiger partial charge in [0.25, 0.3) is 0 Å². The Balaban J connectivity index is 3.34. The van der Waals surface area contributed by atoms with Gasteiger partial charge in [0.1, 0.15) is 17.5 Å². The molecule has 4 heteroatoms. The summed E-state index contributed by atoms with van der Waals surface area (Å²) in [5, 5.41) is 9.05. The second-order valence-electron chi connectivity index (χ2n) is 3.43. The fourth-order valence-electron chi connectivity index (χ4n) is 1.26. The molecule has 0 radical (unpaired) electrons. The first kappa shape index (κ1) is 10.3. The van der Waals surface area contributed by atoms with E-state index in [1.165, 1.54) is 0 Å². The molecule has 1 rings (SSSR count). The summed E-state index contributed by atoms with van der Waals surface area (Å²) in [5.74, 6) is 0.707. The van der Waals surface area contributed by atoms with Gasteiger partial charge in [0.05, 0.1) is 5.69 Å². The summed E-state index contributed by atoms with van der Waals surface area (Å²) < 4.78 is 0. The molecule has 0 aromatic carbocycles. The lowest BCUT2D eigenvalue weighted by Crippen LogP contribution is -2.16. The van der Waals surface area contributed by atoms with E-state index in [1.807, 2.05) is 44.1 Å². The molecule has 0 N–H and O–H groups in total. The quantitative estimate of drug-likeness (QED) is 0.700. The van der Waals surface area contributed by atoms with E-state index in [0.717, 1.165) is 5.69 Å². The van der Waals surface area contributed by atoms with Crippen molar-refractivity contribution in [3.63, 3.8) is 0 Å². The van der Waals surface area contributed by atoms with Crippen molar-refractivity contribution in [2.24, 2.45) is 0 Å². The van der Waals surface area contributed by atoms with Crippen molar-refractivity contribution in [2.45, 2.75) is 0 Å². The molecule has 0 unspecified atom stereocenters. The molecule has 1 aromatic rings. The smallest absolute Gasteiger partial charge is 0.148 e. The summed E-state index contributed by atoms with van der Waals surface area (Å²) in [4.78, 5) is 7.92. The minimum atomic E-state index is 0.613. The van der Waals surface area contributed by atoms with Crippen LogP contribution in [-0.4, -0.2) is 33.2 Å². The molecule has 1 heterocycles. The van der Waals surface area contributed by atoms with E-state index in [-0.39, 0.29) is 0 Å². The average molecular weight is 190 g/mol. The molecule has 0 amide bonds. The number of aromatic nitrogens is 1. The van der Waals surface area contributed by atoms with Gasteiger partial charge in [-0.25, -0.2) is 4.98 Å². The van der Waals surface area contributed by atoms with Crippen LogP contribution in [0.15, 0.2) is 12.3 Å². The number of pyridine rings is 1. The summed E-state index contributed by atoms with van der Waals surface area (Å²) in [5.41, 5.74) is 1.51. The fraction of sp³-hybridized carbons (Fsp3) is 0.400. The molecule has 0 fully saturated rings. The second kappa shape index (κ2) is 3.97. The van der Waals surface area contributed by atoms with Gasteiger partial charge in [-0.15, -0.1) is 0 Å². The highest BCUT2D eigenvalue weighted by Crippen LogP contribution is 2.24. The summed E-state index contributed by atoms with van der Waals surface area (Å²) >= 11 is 0. The van der Waals surface area contributed by atoms with Crippen molar-refractivity contribution >= 4 is 11.5 Å². The van der Waals surface area contributed by atoms with E-state index in [2.05, 4.69) is 11.1 Å². The van der Waals surface area contributed by atoms with Crippen LogP contribution in [-0.2, 0) is 0 Å². The summed E-state index contributed by atoms with van der Waals surface area (Å²) in [6.45, 7) is 0. The Morgan fingerprint density at radius 3 is 2.29 bits per heavy atom. The van der Waals surface area contributed by atoms with Crippen molar-refractivity contribution in [1.29, 1.82) is 5.26 Å². The topological polar surface area (TPSA) is 43.2 Å². The maximum atomic E-state index is 9.05. The Bertz CT molecular complexity index is 337. The van der Waals surface area contributed by atoms with Crippen LogP contribution in [0.25, 0.3) is 0 Å². The fourth-order valence-corrected chi connectivity index (χ4v) is 1.26. The number of nitrogens with zero attached hydrogens (tertiary/aromatic N) is 4. The van der Waals surface area contributed by atoms with Crippen LogP contribution < -0.4 is 9.80 Å². The minimum Gasteiger partial charge on any atom is -0.376 e. The van der Waals surface area contributed by atoms with Crippen LogP contribution in [0.4, 0.5) is 11.5 Å². The minimum absolute atomic E-state index is 0.613. The zero-order valence-corrected chi connectivity index (χ0v) is 8.94. The van der Waals surface area contributed by atoms with Crippen LogP contribution in [0.3, 0.4) is 0 Å². The average Bonchev–Trinajstić information content (AvgIpc) is 2.16. The van der Waals surface area contributed by atoms with Crippen LogP contribution in [0.1, 0.15) is 5.56 Å². The van der Waals surface area contributed by atoms with E-state index >= 15 is 0 Å².